The zero-order valence-corrected chi connectivity index (χ0v) is 27.9. The van der Waals surface area contributed by atoms with Crippen molar-refractivity contribution in [2.75, 3.05) is 0 Å². The average molecular weight is 738 g/mol. The van der Waals surface area contributed by atoms with Crippen molar-refractivity contribution in [2.45, 2.75) is 67.2 Å². The number of nitrogens with zero attached hydrogens (tertiary/aromatic N) is 2. The summed E-state index contributed by atoms with van der Waals surface area (Å²) < 4.78 is 0. The van der Waals surface area contributed by atoms with Gasteiger partial charge in [0.2, 0.25) is 0 Å². The largest absolute Gasteiger partial charge is 0.512 e. The quantitative estimate of drug-likeness (QED) is 0.0567. The summed E-state index contributed by atoms with van der Waals surface area (Å²) in [5.74, 6) is 0.547. The molecule has 0 aliphatic carbocycles. The topological polar surface area (TPSA) is 63.1 Å². The standard InChI is InChI=1S/C24H17N2.C13H24O2.Ir/c1-15-9-16(2)11-19(10-15)24-22-12-18-8-7-17-5-3-4-6-20(17)21(18)13-23(22)25-14-26-24;1-5-10(6-2)12(14)9-13(15)11(7-3)8-4;/h3-10,12-14H,1-2H3;9-11,14H,5-8H2,1-4H3;/q-1;;/b;12-9-;. The molecule has 1 aromatic heterocycles. The van der Waals surface area contributed by atoms with Gasteiger partial charge in [-0.25, -0.2) is 4.98 Å². The van der Waals surface area contributed by atoms with Crippen molar-refractivity contribution in [3.05, 3.63) is 96.0 Å². The van der Waals surface area contributed by atoms with Crippen molar-refractivity contribution >= 4 is 38.2 Å². The van der Waals surface area contributed by atoms with Gasteiger partial charge in [0, 0.05) is 38.0 Å². The van der Waals surface area contributed by atoms with Crippen LogP contribution >= 0.6 is 0 Å². The van der Waals surface area contributed by atoms with Crippen LogP contribution in [0.3, 0.4) is 0 Å². The third-order valence-electron chi connectivity index (χ3n) is 7.99. The molecule has 0 atom stereocenters. The minimum Gasteiger partial charge on any atom is -0.512 e. The van der Waals surface area contributed by atoms with Gasteiger partial charge in [-0.3, -0.25) is 9.78 Å². The average Bonchev–Trinajstić information content (AvgIpc) is 2.97. The van der Waals surface area contributed by atoms with Crippen LogP contribution in [-0.4, -0.2) is 20.9 Å². The Kier molecular flexibility index (Phi) is 12.0. The second-order valence-electron chi connectivity index (χ2n) is 10.9. The van der Waals surface area contributed by atoms with Gasteiger partial charge in [-0.05, 0) is 64.4 Å². The van der Waals surface area contributed by atoms with Gasteiger partial charge in [0.15, 0.2) is 5.78 Å². The fraction of sp³-hybridized carbons (Fsp3) is 0.324. The van der Waals surface area contributed by atoms with Crippen LogP contribution in [-0.2, 0) is 24.9 Å². The molecule has 5 rings (SSSR count). The van der Waals surface area contributed by atoms with Gasteiger partial charge in [-0.2, -0.15) is 0 Å². The van der Waals surface area contributed by atoms with Gasteiger partial charge in [0.1, 0.15) is 6.33 Å². The summed E-state index contributed by atoms with van der Waals surface area (Å²) >= 11 is 0. The molecule has 0 spiro atoms. The monoisotopic (exact) mass is 738 g/mol. The second-order valence-corrected chi connectivity index (χ2v) is 10.9. The van der Waals surface area contributed by atoms with E-state index in [1.54, 1.807) is 6.33 Å². The number of rotatable bonds is 8. The van der Waals surface area contributed by atoms with E-state index in [0.29, 0.717) is 0 Å². The molecule has 0 saturated carbocycles. The zero-order valence-electron chi connectivity index (χ0n) is 25.5. The Balaban J connectivity index is 0.000000263. The summed E-state index contributed by atoms with van der Waals surface area (Å²) in [7, 11) is 0. The minimum atomic E-state index is 0. The molecule has 1 radical (unpaired) electrons. The Morgan fingerprint density at radius 2 is 1.48 bits per heavy atom. The Hall–Kier alpha value is -3.40. The van der Waals surface area contributed by atoms with Gasteiger partial charge in [-0.1, -0.05) is 84.0 Å². The van der Waals surface area contributed by atoms with Crippen molar-refractivity contribution in [1.82, 2.24) is 9.97 Å². The van der Waals surface area contributed by atoms with E-state index >= 15 is 0 Å². The van der Waals surface area contributed by atoms with Gasteiger partial charge >= 0.3 is 0 Å². The van der Waals surface area contributed by atoms with E-state index in [1.807, 2.05) is 27.7 Å². The van der Waals surface area contributed by atoms with Crippen LogP contribution in [0.5, 0.6) is 0 Å². The van der Waals surface area contributed by atoms with E-state index < -0.39 is 0 Å². The molecule has 0 aliphatic rings. The van der Waals surface area contributed by atoms with Crippen molar-refractivity contribution in [1.29, 1.82) is 0 Å². The molecule has 0 saturated heterocycles. The summed E-state index contributed by atoms with van der Waals surface area (Å²) in [5, 5.41) is 15.8. The molecular formula is C37H41IrN2O2-. The van der Waals surface area contributed by atoms with E-state index in [4.69, 9.17) is 0 Å². The molecule has 0 bridgehead atoms. The molecule has 1 N–H and O–H groups in total. The number of allylic oxidation sites excluding steroid dienone is 2. The Labute approximate surface area is 263 Å². The van der Waals surface area contributed by atoms with Crippen LogP contribution < -0.4 is 0 Å². The van der Waals surface area contributed by atoms with Gasteiger partial charge in [0.25, 0.3) is 0 Å². The van der Waals surface area contributed by atoms with Gasteiger partial charge in [-0.15, -0.1) is 34.9 Å². The number of hydrogen-bond acceptors (Lipinski definition) is 4. The number of aryl methyl sites for hydroxylation is 2. The number of hydrogen-bond donors (Lipinski definition) is 1. The Morgan fingerprint density at radius 3 is 2.14 bits per heavy atom. The molecule has 5 aromatic rings. The Bertz CT molecular complexity index is 1680. The van der Waals surface area contributed by atoms with Crippen LogP contribution in [0.4, 0.5) is 0 Å². The number of aliphatic hydroxyl groups excluding tert-OH is 1. The summed E-state index contributed by atoms with van der Waals surface area (Å²) in [6.07, 6.45) is 6.56. The van der Waals surface area contributed by atoms with Crippen molar-refractivity contribution < 1.29 is 30.0 Å². The molecular weight excluding hydrogens is 697 g/mol. The fourth-order valence-corrected chi connectivity index (χ4v) is 5.58. The van der Waals surface area contributed by atoms with E-state index in [2.05, 4.69) is 90.5 Å². The number of ketones is 1. The number of carbonyl (C=O) groups excluding carboxylic acids is 1. The van der Waals surface area contributed by atoms with Crippen LogP contribution in [0, 0.1) is 31.7 Å². The molecule has 1 heterocycles. The molecule has 4 aromatic carbocycles. The summed E-state index contributed by atoms with van der Waals surface area (Å²) in [6, 6.07) is 24.9. The SMILES string of the molecule is CCC(CC)C(=O)/C=C(\O)C(CC)CC.Cc1[c-]c(-c2ncnc3cc4c(ccc5ccccc54)cc23)cc(C)c1.[Ir]. The van der Waals surface area contributed by atoms with Crippen molar-refractivity contribution in [2.24, 2.45) is 11.8 Å². The maximum Gasteiger partial charge on any atom is 0.162 e. The maximum absolute atomic E-state index is 11.7. The van der Waals surface area contributed by atoms with Crippen LogP contribution in [0.2, 0.25) is 0 Å². The maximum atomic E-state index is 11.7. The third kappa shape index (κ3) is 7.51. The molecule has 4 nitrogen and oxygen atoms in total. The number of aliphatic hydroxyl groups is 1. The van der Waals surface area contributed by atoms with E-state index in [1.165, 1.54) is 33.2 Å². The van der Waals surface area contributed by atoms with Crippen molar-refractivity contribution in [3.63, 3.8) is 0 Å². The first-order valence-electron chi connectivity index (χ1n) is 14.8. The van der Waals surface area contributed by atoms with Crippen LogP contribution in [0.15, 0.2) is 78.8 Å². The predicted octanol–water partition coefficient (Wildman–Crippen LogP) is 9.89. The van der Waals surface area contributed by atoms with E-state index in [9.17, 15) is 9.90 Å². The number of fused-ring (bicyclic) bond motifs is 4. The van der Waals surface area contributed by atoms with Gasteiger partial charge < -0.3 is 5.11 Å². The molecule has 0 unspecified atom stereocenters. The number of benzene rings is 4. The third-order valence-corrected chi connectivity index (χ3v) is 7.99. The first kappa shape index (κ1) is 33.1. The van der Waals surface area contributed by atoms with Crippen molar-refractivity contribution in [3.8, 4) is 11.3 Å². The zero-order chi connectivity index (χ0) is 29.5. The van der Waals surface area contributed by atoms with Crippen LogP contribution in [0.1, 0.15) is 64.5 Å². The molecule has 5 heteroatoms. The summed E-state index contributed by atoms with van der Waals surface area (Å²) in [5.41, 5.74) is 5.27. The first-order chi connectivity index (χ1) is 19.8. The molecule has 0 aliphatic heterocycles. The predicted molar refractivity (Wildman–Crippen MR) is 172 cm³/mol. The van der Waals surface area contributed by atoms with Gasteiger partial charge in [0.05, 0.1) is 11.3 Å². The van der Waals surface area contributed by atoms with E-state index in [-0.39, 0.29) is 43.5 Å². The second kappa shape index (κ2) is 15.2. The smallest absolute Gasteiger partial charge is 0.162 e. The normalized spacial score (nSPS) is 11.6. The first-order valence-corrected chi connectivity index (χ1v) is 14.8. The fourth-order valence-electron chi connectivity index (χ4n) is 5.58. The number of aromatic nitrogens is 2. The molecule has 221 valence electrons. The Morgan fingerprint density at radius 1 is 0.810 bits per heavy atom. The van der Waals surface area contributed by atoms with Crippen LogP contribution in [0.25, 0.3) is 43.7 Å². The summed E-state index contributed by atoms with van der Waals surface area (Å²) in [6.45, 7) is 12.2. The molecule has 0 fully saturated rings. The summed E-state index contributed by atoms with van der Waals surface area (Å²) in [4.78, 5) is 20.8. The molecule has 0 amide bonds. The molecule has 42 heavy (non-hydrogen) atoms. The van der Waals surface area contributed by atoms with E-state index in [0.717, 1.165) is 53.4 Å². The minimum absolute atomic E-state index is 0. The number of carbonyl (C=O) groups is 1.